The predicted octanol–water partition coefficient (Wildman–Crippen LogP) is 5.13. The van der Waals surface area contributed by atoms with Crippen molar-refractivity contribution in [3.8, 4) is 0 Å². The second-order valence-corrected chi connectivity index (χ2v) is 9.10. The number of hydrogen-bond donors (Lipinski definition) is 1. The van der Waals surface area contributed by atoms with E-state index in [4.69, 9.17) is 28.2 Å². The van der Waals surface area contributed by atoms with Gasteiger partial charge in [0.1, 0.15) is 11.9 Å². The molecule has 1 fully saturated rings. The molecular weight excluding hydrogens is 455 g/mol. The normalized spacial score (nSPS) is 18.3. The van der Waals surface area contributed by atoms with Gasteiger partial charge in [0.15, 0.2) is 0 Å². The van der Waals surface area contributed by atoms with E-state index in [-0.39, 0.29) is 5.91 Å². The number of amides is 1. The van der Waals surface area contributed by atoms with Crippen LogP contribution in [0.15, 0.2) is 77.8 Å². The van der Waals surface area contributed by atoms with Gasteiger partial charge in [-0.25, -0.2) is 0 Å². The number of hydrogen-bond acceptors (Lipinski definition) is 4. The van der Waals surface area contributed by atoms with Gasteiger partial charge in [0.2, 0.25) is 5.91 Å². The molecule has 1 amide bonds. The third-order valence-electron chi connectivity index (χ3n) is 6.13. The number of carbonyl (C=O) groups excluding carboxylic acids is 1. The van der Waals surface area contributed by atoms with Crippen LogP contribution in [0.5, 0.6) is 0 Å². The summed E-state index contributed by atoms with van der Waals surface area (Å²) in [5, 5.41) is 4.31. The van der Waals surface area contributed by atoms with Gasteiger partial charge in [0.25, 0.3) is 0 Å². The zero-order valence-electron chi connectivity index (χ0n) is 18.0. The summed E-state index contributed by atoms with van der Waals surface area (Å²) in [6.45, 7) is 3.34. The number of nitrogens with zero attached hydrogens (tertiary/aromatic N) is 3. The van der Waals surface area contributed by atoms with Crippen LogP contribution in [0.1, 0.15) is 11.1 Å². The van der Waals surface area contributed by atoms with Gasteiger partial charge in [-0.15, -0.1) is 0 Å². The first-order valence-electron chi connectivity index (χ1n) is 11.1. The van der Waals surface area contributed by atoms with Crippen molar-refractivity contribution in [2.45, 2.75) is 12.5 Å². The largest absolute Gasteiger partial charge is 0.368 e. The number of carbonyl (C=O) groups is 1. The predicted molar refractivity (Wildman–Crippen MR) is 136 cm³/mol. The number of aliphatic imine (C=N–C) groups is 1. The van der Waals surface area contributed by atoms with Crippen molar-refractivity contribution in [1.82, 2.24) is 4.90 Å². The maximum absolute atomic E-state index is 13.1. The van der Waals surface area contributed by atoms with Crippen LogP contribution in [0.4, 0.5) is 11.4 Å². The molecule has 5 nitrogen and oxygen atoms in total. The molecule has 3 aromatic carbocycles. The fourth-order valence-corrected chi connectivity index (χ4v) is 4.77. The molecule has 3 aromatic rings. The first kappa shape index (κ1) is 21.8. The van der Waals surface area contributed by atoms with E-state index in [2.05, 4.69) is 39.4 Å². The van der Waals surface area contributed by atoms with Gasteiger partial charge in [-0.05, 0) is 42.0 Å². The van der Waals surface area contributed by atoms with Gasteiger partial charge in [-0.1, -0.05) is 59.6 Å². The van der Waals surface area contributed by atoms with Gasteiger partial charge in [0.05, 0.1) is 5.69 Å². The third kappa shape index (κ3) is 4.70. The lowest BCUT2D eigenvalue weighted by atomic mass is 10.1. The number of anilines is 2. The van der Waals surface area contributed by atoms with Crippen molar-refractivity contribution in [1.29, 1.82) is 0 Å². The molecule has 0 bridgehead atoms. The number of fused-ring (bicyclic) bond motifs is 1. The van der Waals surface area contributed by atoms with Crippen molar-refractivity contribution >= 4 is 46.3 Å². The van der Waals surface area contributed by atoms with E-state index in [1.807, 2.05) is 42.5 Å². The summed E-state index contributed by atoms with van der Waals surface area (Å²) >= 11 is 12.7. The highest BCUT2D eigenvalue weighted by Gasteiger charge is 2.30. The van der Waals surface area contributed by atoms with E-state index < -0.39 is 6.04 Å². The number of halogens is 2. The lowest BCUT2D eigenvalue weighted by Gasteiger charge is -2.38. The molecule has 33 heavy (non-hydrogen) atoms. The maximum atomic E-state index is 13.1. The van der Waals surface area contributed by atoms with Gasteiger partial charge in [-0.3, -0.25) is 9.79 Å². The molecule has 1 atom stereocenters. The fourth-order valence-electron chi connectivity index (χ4n) is 4.38. The van der Waals surface area contributed by atoms with Crippen LogP contribution in [0.2, 0.25) is 10.0 Å². The first-order chi connectivity index (χ1) is 16.1. The highest BCUT2D eigenvalue weighted by Crippen LogP contribution is 2.28. The molecule has 0 aromatic heterocycles. The molecular formula is C26H24Cl2N4O. The standard InChI is InChI=1S/C26H24Cl2N4O/c27-19-10-11-23-21(17-19)25(32-14-12-31(13-15-32)20-7-2-1-3-8-20)29-24(26(33)30-23)16-18-6-4-5-9-22(18)28/h1-11,17,24H,12-16H2,(H,30,33). The zero-order chi connectivity index (χ0) is 22.8. The minimum Gasteiger partial charge on any atom is -0.368 e. The topological polar surface area (TPSA) is 47.9 Å². The number of piperazine rings is 1. The van der Waals surface area contributed by atoms with Crippen LogP contribution < -0.4 is 10.2 Å². The number of benzene rings is 3. The Labute approximate surface area is 203 Å². The lowest BCUT2D eigenvalue weighted by molar-refractivity contribution is -0.117. The van der Waals surface area contributed by atoms with Crippen molar-refractivity contribution in [2.24, 2.45) is 4.99 Å². The van der Waals surface area contributed by atoms with E-state index >= 15 is 0 Å². The number of nitrogens with one attached hydrogen (secondary N) is 1. The highest BCUT2D eigenvalue weighted by molar-refractivity contribution is 6.31. The van der Waals surface area contributed by atoms with Crippen LogP contribution in [0, 0.1) is 0 Å². The summed E-state index contributed by atoms with van der Waals surface area (Å²) in [6, 6.07) is 23.0. The highest BCUT2D eigenvalue weighted by atomic mass is 35.5. The third-order valence-corrected chi connectivity index (χ3v) is 6.74. The summed E-state index contributed by atoms with van der Waals surface area (Å²) in [5.74, 6) is 0.659. The molecule has 168 valence electrons. The molecule has 0 aliphatic carbocycles. The number of rotatable bonds is 3. The molecule has 1 saturated heterocycles. The minimum atomic E-state index is -0.585. The van der Waals surface area contributed by atoms with Gasteiger partial charge < -0.3 is 15.1 Å². The SMILES string of the molecule is O=C1Nc2ccc(Cl)cc2C(N2CCN(c3ccccc3)CC2)=NC1Cc1ccccc1Cl. The monoisotopic (exact) mass is 478 g/mol. The first-order valence-corrected chi connectivity index (χ1v) is 11.8. The molecule has 2 heterocycles. The second kappa shape index (κ2) is 9.46. The lowest BCUT2D eigenvalue weighted by Crippen LogP contribution is -2.49. The summed E-state index contributed by atoms with van der Waals surface area (Å²) in [4.78, 5) is 22.7. The second-order valence-electron chi connectivity index (χ2n) is 8.25. The summed E-state index contributed by atoms with van der Waals surface area (Å²) in [7, 11) is 0. The van der Waals surface area contributed by atoms with Crippen LogP contribution in [0.3, 0.4) is 0 Å². The molecule has 0 radical (unpaired) electrons. The van der Waals surface area contributed by atoms with E-state index in [0.717, 1.165) is 48.8 Å². The van der Waals surface area contributed by atoms with Crippen molar-refractivity contribution in [2.75, 3.05) is 36.4 Å². The Kier molecular flexibility index (Phi) is 6.25. The van der Waals surface area contributed by atoms with Gasteiger partial charge >= 0.3 is 0 Å². The molecule has 7 heteroatoms. The van der Waals surface area contributed by atoms with Crippen LogP contribution in [-0.4, -0.2) is 48.9 Å². The number of para-hydroxylation sites is 1. The zero-order valence-corrected chi connectivity index (χ0v) is 19.6. The molecule has 5 rings (SSSR count). The van der Waals surface area contributed by atoms with Crippen molar-refractivity contribution in [3.63, 3.8) is 0 Å². The molecule has 1 N–H and O–H groups in total. The fraction of sp³-hybridized carbons (Fsp3) is 0.231. The number of benzodiazepines with no additional fused rings is 1. The van der Waals surface area contributed by atoms with E-state index in [1.165, 1.54) is 5.69 Å². The minimum absolute atomic E-state index is 0.142. The summed E-state index contributed by atoms with van der Waals surface area (Å²) in [5.41, 5.74) is 3.71. The van der Waals surface area contributed by atoms with E-state index in [9.17, 15) is 4.79 Å². The molecule has 0 spiro atoms. The Bertz CT molecular complexity index is 1190. The molecule has 2 aliphatic heterocycles. The van der Waals surface area contributed by atoms with Crippen molar-refractivity contribution in [3.05, 3.63) is 94.0 Å². The van der Waals surface area contributed by atoms with Crippen LogP contribution in [0.25, 0.3) is 0 Å². The van der Waals surface area contributed by atoms with E-state index in [0.29, 0.717) is 16.5 Å². The van der Waals surface area contributed by atoms with Crippen molar-refractivity contribution < 1.29 is 4.79 Å². The molecule has 1 unspecified atom stereocenters. The van der Waals surface area contributed by atoms with Crippen LogP contribution in [-0.2, 0) is 11.2 Å². The smallest absolute Gasteiger partial charge is 0.249 e. The molecule has 0 saturated carbocycles. The van der Waals surface area contributed by atoms with Gasteiger partial charge in [0, 0.05) is 53.9 Å². The van der Waals surface area contributed by atoms with Crippen LogP contribution >= 0.6 is 23.2 Å². The Hall–Kier alpha value is -3.02. The Morgan fingerprint density at radius 2 is 1.58 bits per heavy atom. The molecule has 2 aliphatic rings. The van der Waals surface area contributed by atoms with Gasteiger partial charge in [-0.2, -0.15) is 0 Å². The average molecular weight is 479 g/mol. The average Bonchev–Trinajstić information content (AvgIpc) is 2.97. The maximum Gasteiger partial charge on any atom is 0.249 e. The Morgan fingerprint density at radius 3 is 2.33 bits per heavy atom. The Morgan fingerprint density at radius 1 is 0.879 bits per heavy atom. The van der Waals surface area contributed by atoms with E-state index in [1.54, 1.807) is 6.07 Å². The Balaban J connectivity index is 1.46. The number of amidine groups is 1. The summed E-state index contributed by atoms with van der Waals surface area (Å²) in [6.07, 6.45) is 0.431. The summed E-state index contributed by atoms with van der Waals surface area (Å²) < 4.78 is 0. The quantitative estimate of drug-likeness (QED) is 0.567.